The summed E-state index contributed by atoms with van der Waals surface area (Å²) in [4.78, 5) is 29.0. The lowest BCUT2D eigenvalue weighted by atomic mass is 9.95. The van der Waals surface area contributed by atoms with Gasteiger partial charge >= 0.3 is 6.03 Å². The fourth-order valence-corrected chi connectivity index (χ4v) is 3.68. The van der Waals surface area contributed by atoms with Gasteiger partial charge in [-0.15, -0.1) is 0 Å². The number of rotatable bonds is 6. The lowest BCUT2D eigenvalue weighted by molar-refractivity contribution is -0.126. The monoisotopic (exact) mass is 394 g/mol. The number of piperidine rings is 1. The number of para-hydroxylation sites is 1. The average molecular weight is 395 g/mol. The number of likely N-dealkylation sites (N-methyl/N-ethyl adjacent to an activating group) is 1. The molecule has 1 saturated heterocycles. The molecule has 0 radical (unpaired) electrons. The van der Waals surface area contributed by atoms with Gasteiger partial charge in [0.2, 0.25) is 5.91 Å². The average Bonchev–Trinajstić information content (AvgIpc) is 2.75. The number of carbonyl (C=O) groups excluding carboxylic acids is 2. The molecule has 2 aromatic rings. The molecule has 2 aromatic carbocycles. The molecule has 1 fully saturated rings. The number of anilines is 1. The summed E-state index contributed by atoms with van der Waals surface area (Å²) in [5, 5.41) is 6.02. The van der Waals surface area contributed by atoms with Crippen LogP contribution in [0.25, 0.3) is 0 Å². The summed E-state index contributed by atoms with van der Waals surface area (Å²) < 4.78 is 0. The maximum absolute atomic E-state index is 12.7. The normalized spacial score (nSPS) is 15.8. The first kappa shape index (κ1) is 20.9. The highest BCUT2D eigenvalue weighted by Gasteiger charge is 2.28. The van der Waals surface area contributed by atoms with Crippen molar-refractivity contribution in [1.29, 1.82) is 0 Å². The van der Waals surface area contributed by atoms with Gasteiger partial charge in [-0.25, -0.2) is 4.79 Å². The number of likely N-dealkylation sites (tertiary alicyclic amines) is 1. The van der Waals surface area contributed by atoms with Crippen LogP contribution in [-0.4, -0.2) is 55.5 Å². The SMILES string of the molecule is CN(C)C(CNC(=O)C1CCN(C(=O)Nc2ccccc2)CC1)c1ccccc1. The molecule has 1 aliphatic heterocycles. The molecule has 0 saturated carbocycles. The van der Waals surface area contributed by atoms with Crippen molar-refractivity contribution in [2.75, 3.05) is 39.0 Å². The minimum atomic E-state index is -0.105. The maximum atomic E-state index is 12.7. The Bertz CT molecular complexity index is 787. The Morgan fingerprint density at radius 3 is 2.17 bits per heavy atom. The van der Waals surface area contributed by atoms with E-state index in [2.05, 4.69) is 27.7 Å². The molecule has 1 atom stereocenters. The molecule has 1 unspecified atom stereocenters. The summed E-state index contributed by atoms with van der Waals surface area (Å²) in [5.41, 5.74) is 1.97. The molecule has 0 bridgehead atoms. The van der Waals surface area contributed by atoms with E-state index in [0.717, 1.165) is 5.69 Å². The van der Waals surface area contributed by atoms with E-state index in [1.54, 1.807) is 4.90 Å². The highest BCUT2D eigenvalue weighted by molar-refractivity contribution is 5.89. The van der Waals surface area contributed by atoms with Gasteiger partial charge in [-0.05, 0) is 44.6 Å². The van der Waals surface area contributed by atoms with Gasteiger partial charge in [0.15, 0.2) is 0 Å². The fraction of sp³-hybridized carbons (Fsp3) is 0.391. The van der Waals surface area contributed by atoms with Crippen molar-refractivity contribution in [3.05, 3.63) is 66.2 Å². The standard InChI is InChI=1S/C23H30N4O2/c1-26(2)21(18-9-5-3-6-10-18)17-24-22(28)19-13-15-27(16-14-19)23(29)25-20-11-7-4-8-12-20/h3-12,19,21H,13-17H2,1-2H3,(H,24,28)(H,25,29). The zero-order valence-electron chi connectivity index (χ0n) is 17.2. The maximum Gasteiger partial charge on any atom is 0.321 e. The third-order valence-corrected chi connectivity index (χ3v) is 5.46. The Hall–Kier alpha value is -2.86. The van der Waals surface area contributed by atoms with E-state index < -0.39 is 0 Å². The molecule has 3 amide bonds. The Balaban J connectivity index is 1.46. The largest absolute Gasteiger partial charge is 0.354 e. The van der Waals surface area contributed by atoms with Crippen molar-refractivity contribution in [2.24, 2.45) is 5.92 Å². The van der Waals surface area contributed by atoms with Crippen molar-refractivity contribution < 1.29 is 9.59 Å². The van der Waals surface area contributed by atoms with E-state index in [1.165, 1.54) is 5.56 Å². The van der Waals surface area contributed by atoms with Crippen molar-refractivity contribution in [1.82, 2.24) is 15.1 Å². The van der Waals surface area contributed by atoms with Crippen molar-refractivity contribution >= 4 is 17.6 Å². The van der Waals surface area contributed by atoms with E-state index in [9.17, 15) is 9.59 Å². The predicted molar refractivity (Wildman–Crippen MR) is 116 cm³/mol. The molecule has 6 heteroatoms. The van der Waals surface area contributed by atoms with Crippen molar-refractivity contribution in [2.45, 2.75) is 18.9 Å². The third kappa shape index (κ3) is 5.81. The molecule has 0 spiro atoms. The van der Waals surface area contributed by atoms with E-state index in [1.807, 2.05) is 62.6 Å². The van der Waals surface area contributed by atoms with Crippen LogP contribution in [-0.2, 0) is 4.79 Å². The smallest absolute Gasteiger partial charge is 0.321 e. The molecule has 0 aliphatic carbocycles. The van der Waals surface area contributed by atoms with Gasteiger partial charge in [-0.1, -0.05) is 48.5 Å². The summed E-state index contributed by atoms with van der Waals surface area (Å²) in [7, 11) is 4.04. The van der Waals surface area contributed by atoms with Crippen molar-refractivity contribution in [3.8, 4) is 0 Å². The molecule has 3 rings (SSSR count). The number of benzene rings is 2. The molecule has 1 heterocycles. The van der Waals surface area contributed by atoms with E-state index in [-0.39, 0.29) is 23.9 Å². The zero-order valence-corrected chi connectivity index (χ0v) is 17.2. The summed E-state index contributed by atoms with van der Waals surface area (Å²) >= 11 is 0. The van der Waals surface area contributed by atoms with Crippen LogP contribution in [0.2, 0.25) is 0 Å². The van der Waals surface area contributed by atoms with Crippen molar-refractivity contribution in [3.63, 3.8) is 0 Å². The van der Waals surface area contributed by atoms with Gasteiger partial charge in [0.05, 0.1) is 6.04 Å². The fourth-order valence-electron chi connectivity index (χ4n) is 3.68. The first-order valence-corrected chi connectivity index (χ1v) is 10.1. The first-order chi connectivity index (χ1) is 14.0. The Kier molecular flexibility index (Phi) is 7.25. The van der Waals surface area contributed by atoms with Crippen LogP contribution in [0.1, 0.15) is 24.4 Å². The number of hydrogen-bond acceptors (Lipinski definition) is 3. The second-order valence-corrected chi connectivity index (χ2v) is 7.69. The summed E-state index contributed by atoms with van der Waals surface area (Å²) in [5.74, 6) is 0.0326. The van der Waals surface area contributed by atoms with Crippen LogP contribution >= 0.6 is 0 Å². The number of amides is 3. The Labute approximate surface area is 172 Å². The minimum Gasteiger partial charge on any atom is -0.354 e. The Morgan fingerprint density at radius 2 is 1.59 bits per heavy atom. The van der Waals surface area contributed by atoms with Crippen LogP contribution in [0.3, 0.4) is 0 Å². The van der Waals surface area contributed by atoms with Gasteiger partial charge in [0, 0.05) is 31.2 Å². The third-order valence-electron chi connectivity index (χ3n) is 5.46. The molecular formula is C23H30N4O2. The lowest BCUT2D eigenvalue weighted by Gasteiger charge is -2.32. The van der Waals surface area contributed by atoms with Crippen LogP contribution in [0.15, 0.2) is 60.7 Å². The first-order valence-electron chi connectivity index (χ1n) is 10.1. The Morgan fingerprint density at radius 1 is 1.00 bits per heavy atom. The zero-order chi connectivity index (χ0) is 20.6. The van der Waals surface area contributed by atoms with Crippen LogP contribution in [0.4, 0.5) is 10.5 Å². The topological polar surface area (TPSA) is 64.7 Å². The van der Waals surface area contributed by atoms with Crippen LogP contribution < -0.4 is 10.6 Å². The lowest BCUT2D eigenvalue weighted by Crippen LogP contribution is -2.45. The van der Waals surface area contributed by atoms with Crippen LogP contribution in [0.5, 0.6) is 0 Å². The highest BCUT2D eigenvalue weighted by Crippen LogP contribution is 2.20. The summed E-state index contributed by atoms with van der Waals surface area (Å²) in [6.07, 6.45) is 1.37. The van der Waals surface area contributed by atoms with Gasteiger partial charge in [-0.3, -0.25) is 4.79 Å². The number of nitrogens with one attached hydrogen (secondary N) is 2. The van der Waals surface area contributed by atoms with Gasteiger partial charge in [0.1, 0.15) is 0 Å². The molecule has 29 heavy (non-hydrogen) atoms. The molecule has 1 aliphatic rings. The van der Waals surface area contributed by atoms with E-state index in [0.29, 0.717) is 32.5 Å². The molecule has 0 aromatic heterocycles. The highest BCUT2D eigenvalue weighted by atomic mass is 16.2. The summed E-state index contributed by atoms with van der Waals surface area (Å²) in [6, 6.07) is 19.7. The molecule has 6 nitrogen and oxygen atoms in total. The number of carbonyl (C=O) groups is 2. The summed E-state index contributed by atoms with van der Waals surface area (Å²) in [6.45, 7) is 1.75. The van der Waals surface area contributed by atoms with E-state index >= 15 is 0 Å². The molecular weight excluding hydrogens is 364 g/mol. The predicted octanol–water partition coefficient (Wildman–Crippen LogP) is 3.35. The number of hydrogen-bond donors (Lipinski definition) is 2. The number of nitrogens with zero attached hydrogens (tertiary/aromatic N) is 2. The molecule has 154 valence electrons. The van der Waals surface area contributed by atoms with Gasteiger partial charge in [-0.2, -0.15) is 0 Å². The van der Waals surface area contributed by atoms with Gasteiger partial charge in [0.25, 0.3) is 0 Å². The second-order valence-electron chi connectivity index (χ2n) is 7.69. The quantitative estimate of drug-likeness (QED) is 0.790. The number of urea groups is 1. The molecule has 2 N–H and O–H groups in total. The minimum absolute atomic E-state index is 0.0469. The van der Waals surface area contributed by atoms with E-state index in [4.69, 9.17) is 0 Å². The second kappa shape index (κ2) is 10.1. The van der Waals surface area contributed by atoms with Crippen LogP contribution in [0, 0.1) is 5.92 Å². The van der Waals surface area contributed by atoms with Gasteiger partial charge < -0.3 is 20.4 Å².